The van der Waals surface area contributed by atoms with Crippen LogP contribution in [0.25, 0.3) is 0 Å². The lowest BCUT2D eigenvalue weighted by Gasteiger charge is -2.07. The van der Waals surface area contributed by atoms with E-state index >= 15 is 0 Å². The molecule has 0 fully saturated rings. The van der Waals surface area contributed by atoms with Gasteiger partial charge in [0.2, 0.25) is 0 Å². The van der Waals surface area contributed by atoms with Gasteiger partial charge in [0.05, 0.1) is 4.47 Å². The molecule has 18 heavy (non-hydrogen) atoms. The standard InChI is InChI=1S/C11H8BrF2N3S/c1-15-9-7(13)5-8(14)11(17-9)18-10-6(12)3-2-4-16-10/h2-5H,1H3,(H,15,17). The molecule has 0 bridgehead atoms. The molecule has 0 aliphatic carbocycles. The molecule has 0 unspecified atom stereocenters. The molecule has 0 aliphatic rings. The number of rotatable bonds is 3. The maximum atomic E-state index is 13.6. The molecule has 0 spiro atoms. The predicted octanol–water partition coefficient (Wildman–Crippen LogP) is 3.71. The first-order valence-corrected chi connectivity index (χ1v) is 6.55. The third-order valence-corrected chi connectivity index (χ3v) is 3.95. The molecule has 0 aromatic carbocycles. The van der Waals surface area contributed by atoms with Crippen LogP contribution in [0.3, 0.4) is 0 Å². The monoisotopic (exact) mass is 331 g/mol. The molecule has 0 amide bonds. The molecule has 7 heteroatoms. The Labute approximate surface area is 115 Å². The fraction of sp³-hybridized carbons (Fsp3) is 0.0909. The third-order valence-electron chi connectivity index (χ3n) is 2.05. The number of hydrogen-bond donors (Lipinski definition) is 1. The first-order valence-electron chi connectivity index (χ1n) is 4.94. The number of halogens is 3. The summed E-state index contributed by atoms with van der Waals surface area (Å²) < 4.78 is 27.6. The van der Waals surface area contributed by atoms with Gasteiger partial charge in [0.15, 0.2) is 17.5 Å². The van der Waals surface area contributed by atoms with Gasteiger partial charge in [-0.25, -0.2) is 18.7 Å². The Morgan fingerprint density at radius 3 is 2.72 bits per heavy atom. The van der Waals surface area contributed by atoms with Crippen molar-refractivity contribution in [3.63, 3.8) is 0 Å². The summed E-state index contributed by atoms with van der Waals surface area (Å²) in [6.07, 6.45) is 1.59. The van der Waals surface area contributed by atoms with E-state index in [2.05, 4.69) is 31.2 Å². The van der Waals surface area contributed by atoms with Crippen LogP contribution in [0.1, 0.15) is 0 Å². The fourth-order valence-corrected chi connectivity index (χ4v) is 2.49. The molecule has 0 radical (unpaired) electrons. The lowest BCUT2D eigenvalue weighted by Crippen LogP contribution is -2.00. The van der Waals surface area contributed by atoms with Crippen LogP contribution in [0.15, 0.2) is 38.9 Å². The molecule has 1 N–H and O–H groups in total. The lowest BCUT2D eigenvalue weighted by molar-refractivity contribution is 0.551. The number of aromatic nitrogens is 2. The quantitative estimate of drug-likeness (QED) is 0.930. The number of hydrogen-bond acceptors (Lipinski definition) is 4. The van der Waals surface area contributed by atoms with Gasteiger partial charge in [0.1, 0.15) is 10.1 Å². The highest BCUT2D eigenvalue weighted by atomic mass is 79.9. The van der Waals surface area contributed by atoms with E-state index in [0.717, 1.165) is 22.3 Å². The third kappa shape index (κ3) is 2.78. The number of pyridine rings is 2. The first kappa shape index (κ1) is 13.2. The minimum absolute atomic E-state index is 0.00551. The molecule has 0 saturated heterocycles. The second-order valence-corrected chi connectivity index (χ2v) is 5.08. The summed E-state index contributed by atoms with van der Waals surface area (Å²) in [4.78, 5) is 7.96. The van der Waals surface area contributed by atoms with E-state index in [1.807, 2.05) is 0 Å². The van der Waals surface area contributed by atoms with E-state index < -0.39 is 11.6 Å². The smallest absolute Gasteiger partial charge is 0.168 e. The molecule has 94 valence electrons. The van der Waals surface area contributed by atoms with Crippen molar-refractivity contribution in [3.05, 3.63) is 40.5 Å². The van der Waals surface area contributed by atoms with Crippen LogP contribution in [-0.2, 0) is 0 Å². The summed E-state index contributed by atoms with van der Waals surface area (Å²) in [5, 5.41) is 3.20. The summed E-state index contributed by atoms with van der Waals surface area (Å²) in [6.45, 7) is 0. The van der Waals surface area contributed by atoms with Crippen molar-refractivity contribution < 1.29 is 8.78 Å². The van der Waals surface area contributed by atoms with Crippen LogP contribution in [-0.4, -0.2) is 17.0 Å². The van der Waals surface area contributed by atoms with Gasteiger partial charge in [-0.2, -0.15) is 0 Å². The molecule has 0 aliphatic heterocycles. The SMILES string of the molecule is CNc1nc(Sc2ncccc2Br)c(F)cc1F. The fourth-order valence-electron chi connectivity index (χ4n) is 1.23. The number of nitrogens with zero attached hydrogens (tertiary/aromatic N) is 2. The normalized spacial score (nSPS) is 10.4. The average Bonchev–Trinajstić information content (AvgIpc) is 2.35. The topological polar surface area (TPSA) is 37.8 Å². The van der Waals surface area contributed by atoms with Crippen LogP contribution < -0.4 is 5.32 Å². The minimum Gasteiger partial charge on any atom is -0.371 e. The zero-order chi connectivity index (χ0) is 13.1. The van der Waals surface area contributed by atoms with Crippen LogP contribution in [0.2, 0.25) is 0 Å². The van der Waals surface area contributed by atoms with Crippen molar-refractivity contribution in [2.24, 2.45) is 0 Å². The second-order valence-electron chi connectivity index (χ2n) is 3.25. The van der Waals surface area contributed by atoms with E-state index in [4.69, 9.17) is 0 Å². The summed E-state index contributed by atoms with van der Waals surface area (Å²) >= 11 is 4.33. The van der Waals surface area contributed by atoms with Gasteiger partial charge in [-0.3, -0.25) is 0 Å². The van der Waals surface area contributed by atoms with Crippen molar-refractivity contribution in [2.75, 3.05) is 12.4 Å². The van der Waals surface area contributed by atoms with E-state index in [-0.39, 0.29) is 10.8 Å². The van der Waals surface area contributed by atoms with Gasteiger partial charge in [-0.1, -0.05) is 0 Å². The van der Waals surface area contributed by atoms with Crippen LogP contribution in [0.5, 0.6) is 0 Å². The largest absolute Gasteiger partial charge is 0.371 e. The van der Waals surface area contributed by atoms with Crippen molar-refractivity contribution >= 4 is 33.5 Å². The minimum atomic E-state index is -0.723. The van der Waals surface area contributed by atoms with E-state index in [0.29, 0.717) is 5.03 Å². The summed E-state index contributed by atoms with van der Waals surface area (Å²) in [6, 6.07) is 4.34. The highest BCUT2D eigenvalue weighted by Crippen LogP contribution is 2.33. The summed E-state index contributed by atoms with van der Waals surface area (Å²) in [7, 11) is 1.52. The molecule has 2 aromatic heterocycles. The maximum Gasteiger partial charge on any atom is 0.168 e. The van der Waals surface area contributed by atoms with Crippen LogP contribution in [0, 0.1) is 11.6 Å². The van der Waals surface area contributed by atoms with Gasteiger partial charge in [-0.05, 0) is 39.8 Å². The van der Waals surface area contributed by atoms with Gasteiger partial charge in [-0.15, -0.1) is 0 Å². The van der Waals surface area contributed by atoms with E-state index in [9.17, 15) is 8.78 Å². The zero-order valence-corrected chi connectivity index (χ0v) is 11.6. The van der Waals surface area contributed by atoms with Crippen molar-refractivity contribution in [2.45, 2.75) is 10.1 Å². The highest BCUT2D eigenvalue weighted by Gasteiger charge is 2.14. The van der Waals surface area contributed by atoms with Gasteiger partial charge >= 0.3 is 0 Å². The van der Waals surface area contributed by atoms with E-state index in [1.165, 1.54) is 7.05 Å². The molecular formula is C11H8BrF2N3S. The Balaban J connectivity index is 2.38. The second kappa shape index (κ2) is 5.62. The molecular weight excluding hydrogens is 324 g/mol. The predicted molar refractivity (Wildman–Crippen MR) is 69.8 cm³/mol. The van der Waals surface area contributed by atoms with Crippen LogP contribution >= 0.6 is 27.7 Å². The van der Waals surface area contributed by atoms with Crippen molar-refractivity contribution in [1.82, 2.24) is 9.97 Å². The van der Waals surface area contributed by atoms with Crippen LogP contribution in [0.4, 0.5) is 14.6 Å². The molecule has 2 rings (SSSR count). The summed E-state index contributed by atoms with van der Waals surface area (Å²) in [5.41, 5.74) is 0. The Hall–Kier alpha value is -1.21. The number of nitrogens with one attached hydrogen (secondary N) is 1. The van der Waals surface area contributed by atoms with Gasteiger partial charge in [0.25, 0.3) is 0 Å². The van der Waals surface area contributed by atoms with Gasteiger partial charge < -0.3 is 5.32 Å². The number of anilines is 1. The highest BCUT2D eigenvalue weighted by molar-refractivity contribution is 9.10. The van der Waals surface area contributed by atoms with Gasteiger partial charge in [0, 0.05) is 19.3 Å². The molecule has 0 saturated carbocycles. The van der Waals surface area contributed by atoms with E-state index in [1.54, 1.807) is 18.3 Å². The zero-order valence-electron chi connectivity index (χ0n) is 9.25. The summed E-state index contributed by atoms with van der Waals surface area (Å²) in [5.74, 6) is -1.43. The Morgan fingerprint density at radius 2 is 2.06 bits per heavy atom. The molecule has 2 heterocycles. The Bertz CT molecular complexity index is 580. The molecule has 2 aromatic rings. The van der Waals surface area contributed by atoms with Crippen molar-refractivity contribution in [3.8, 4) is 0 Å². The maximum absolute atomic E-state index is 13.6. The Kier molecular flexibility index (Phi) is 4.13. The first-order chi connectivity index (χ1) is 8.61. The lowest BCUT2D eigenvalue weighted by atomic mass is 10.4. The average molecular weight is 332 g/mol. The Morgan fingerprint density at radius 1 is 1.28 bits per heavy atom. The molecule has 0 atom stereocenters. The van der Waals surface area contributed by atoms with Crippen molar-refractivity contribution in [1.29, 1.82) is 0 Å². The molecule has 3 nitrogen and oxygen atoms in total.